The van der Waals surface area contributed by atoms with Crippen molar-refractivity contribution in [3.05, 3.63) is 84.4 Å². The van der Waals surface area contributed by atoms with Crippen molar-refractivity contribution < 1.29 is 0 Å². The van der Waals surface area contributed by atoms with Crippen LogP contribution in [-0.2, 0) is 6.42 Å². The van der Waals surface area contributed by atoms with Gasteiger partial charge in [-0.05, 0) is 116 Å². The zero-order valence-corrected chi connectivity index (χ0v) is 19.2. The first-order chi connectivity index (χ1) is 14.9. The maximum atomic E-state index is 2.42. The van der Waals surface area contributed by atoms with E-state index in [9.17, 15) is 0 Å². The fourth-order valence-electron chi connectivity index (χ4n) is 5.30. The summed E-state index contributed by atoms with van der Waals surface area (Å²) in [6.07, 6.45) is 3.68. The normalized spacial score (nSPS) is 13.4. The zero-order chi connectivity index (χ0) is 21.6. The van der Waals surface area contributed by atoms with Crippen LogP contribution in [0.2, 0.25) is 0 Å². The highest BCUT2D eigenvalue weighted by Crippen LogP contribution is 2.32. The number of rotatable bonds is 4. The van der Waals surface area contributed by atoms with Gasteiger partial charge in [-0.2, -0.15) is 0 Å². The van der Waals surface area contributed by atoms with Crippen LogP contribution < -0.4 is 0 Å². The summed E-state index contributed by atoms with van der Waals surface area (Å²) in [5.74, 6) is 0.743. The van der Waals surface area contributed by atoms with Gasteiger partial charge in [0.15, 0.2) is 0 Å². The van der Waals surface area contributed by atoms with Crippen LogP contribution >= 0.6 is 0 Å². The Morgan fingerprint density at radius 1 is 0.613 bits per heavy atom. The van der Waals surface area contributed by atoms with Crippen molar-refractivity contribution in [1.82, 2.24) is 0 Å². The molecule has 0 saturated heterocycles. The second-order valence-electron chi connectivity index (χ2n) is 10.6. The maximum absolute atomic E-state index is 2.42. The summed E-state index contributed by atoms with van der Waals surface area (Å²) in [6, 6.07) is 29.6. The van der Waals surface area contributed by atoms with Crippen molar-refractivity contribution in [3.63, 3.8) is 0 Å². The van der Waals surface area contributed by atoms with E-state index in [4.69, 9.17) is 0 Å². The Labute approximate surface area is 185 Å². The lowest BCUT2D eigenvalue weighted by Crippen LogP contribution is -2.11. The number of aryl methyl sites for hydroxylation is 1. The average molecular weight is 405 g/mol. The Balaban J connectivity index is 1.56. The molecule has 0 bridgehead atoms. The van der Waals surface area contributed by atoms with Crippen LogP contribution in [-0.4, -0.2) is 0 Å². The molecule has 0 radical (unpaired) electrons. The Kier molecular flexibility index (Phi) is 4.97. The molecular weight excluding hydrogens is 372 g/mol. The lowest BCUT2D eigenvalue weighted by atomic mass is 9.83. The summed E-state index contributed by atoms with van der Waals surface area (Å²) in [4.78, 5) is 0. The van der Waals surface area contributed by atoms with E-state index in [2.05, 4.69) is 107 Å². The van der Waals surface area contributed by atoms with Crippen molar-refractivity contribution in [2.45, 2.75) is 47.0 Å². The first kappa shape index (κ1) is 20.1. The molecule has 0 aromatic heterocycles. The number of fused-ring (bicyclic) bond motifs is 4. The van der Waals surface area contributed by atoms with Gasteiger partial charge in [0.2, 0.25) is 0 Å². The highest BCUT2D eigenvalue weighted by molar-refractivity contribution is 6.08. The van der Waals surface area contributed by atoms with E-state index in [1.165, 1.54) is 61.5 Å². The minimum absolute atomic E-state index is 0.402. The number of benzene rings is 5. The number of hydrogen-bond acceptors (Lipinski definition) is 0. The second-order valence-corrected chi connectivity index (χ2v) is 10.6. The van der Waals surface area contributed by atoms with E-state index >= 15 is 0 Å². The van der Waals surface area contributed by atoms with Crippen LogP contribution in [0.1, 0.15) is 46.1 Å². The van der Waals surface area contributed by atoms with E-state index in [1.54, 1.807) is 0 Å². The van der Waals surface area contributed by atoms with Crippen LogP contribution in [0.3, 0.4) is 0 Å². The Hall–Kier alpha value is -2.86. The molecule has 0 fully saturated rings. The quantitative estimate of drug-likeness (QED) is 0.262. The summed E-state index contributed by atoms with van der Waals surface area (Å²) >= 11 is 0. The van der Waals surface area contributed by atoms with E-state index < -0.39 is 0 Å². The topological polar surface area (TPSA) is 0 Å². The summed E-state index contributed by atoms with van der Waals surface area (Å²) in [6.45, 7) is 9.45. The van der Waals surface area contributed by atoms with Gasteiger partial charge in [0, 0.05) is 0 Å². The lowest BCUT2D eigenvalue weighted by Gasteiger charge is -2.23. The van der Waals surface area contributed by atoms with Gasteiger partial charge < -0.3 is 0 Å². The molecule has 0 spiro atoms. The average Bonchev–Trinajstić information content (AvgIpc) is 2.72. The molecule has 5 rings (SSSR count). The van der Waals surface area contributed by atoms with Crippen molar-refractivity contribution >= 4 is 43.1 Å². The van der Waals surface area contributed by atoms with Gasteiger partial charge in [0.05, 0.1) is 0 Å². The summed E-state index contributed by atoms with van der Waals surface area (Å²) in [7, 11) is 0. The molecule has 0 nitrogen and oxygen atoms in total. The predicted molar refractivity (Wildman–Crippen MR) is 138 cm³/mol. The van der Waals surface area contributed by atoms with E-state index in [0.29, 0.717) is 5.41 Å². The summed E-state index contributed by atoms with van der Waals surface area (Å²) in [5.41, 5.74) is 1.89. The van der Waals surface area contributed by atoms with Crippen LogP contribution in [0, 0.1) is 11.3 Å². The standard InChI is InChI=1S/C31H32/c1-21(20-31(2,3)4)12-13-22-10-7-11-25-16-28-17-26-14-23-8-5-6-9-24(23)15-27(26)18-29(28)19-30(22)25/h5-11,14-19,21H,12-13,20H2,1-4H3. The molecule has 31 heavy (non-hydrogen) atoms. The second kappa shape index (κ2) is 7.68. The van der Waals surface area contributed by atoms with Crippen molar-refractivity contribution in [1.29, 1.82) is 0 Å². The SMILES string of the molecule is CC(CCc1cccc2cc3cc4cc5ccccc5cc4cc3cc12)CC(C)(C)C. The molecule has 5 aromatic carbocycles. The molecule has 1 atom stereocenters. The molecule has 0 N–H and O–H groups in total. The highest BCUT2D eigenvalue weighted by atomic mass is 14.2. The van der Waals surface area contributed by atoms with Gasteiger partial charge in [0.25, 0.3) is 0 Å². The molecular formula is C31H32. The third-order valence-electron chi connectivity index (χ3n) is 6.61. The lowest BCUT2D eigenvalue weighted by molar-refractivity contribution is 0.297. The van der Waals surface area contributed by atoms with Crippen LogP contribution in [0.5, 0.6) is 0 Å². The third kappa shape index (κ3) is 4.17. The molecule has 156 valence electrons. The first-order valence-electron chi connectivity index (χ1n) is 11.6. The fraction of sp³-hybridized carbons (Fsp3) is 0.290. The summed E-state index contributed by atoms with van der Waals surface area (Å²) in [5, 5.41) is 10.7. The minimum atomic E-state index is 0.402. The Morgan fingerprint density at radius 3 is 1.74 bits per heavy atom. The Bertz CT molecular complexity index is 1400. The third-order valence-corrected chi connectivity index (χ3v) is 6.61. The molecule has 0 aliphatic carbocycles. The fourth-order valence-corrected chi connectivity index (χ4v) is 5.30. The maximum Gasteiger partial charge on any atom is -0.0146 e. The van der Waals surface area contributed by atoms with Gasteiger partial charge in [-0.15, -0.1) is 0 Å². The van der Waals surface area contributed by atoms with Crippen LogP contribution in [0.15, 0.2) is 78.9 Å². The van der Waals surface area contributed by atoms with Gasteiger partial charge in [-0.3, -0.25) is 0 Å². The number of hydrogen-bond donors (Lipinski definition) is 0. The molecule has 0 saturated carbocycles. The largest absolute Gasteiger partial charge is 0.0625 e. The van der Waals surface area contributed by atoms with Crippen molar-refractivity contribution in [3.8, 4) is 0 Å². The van der Waals surface area contributed by atoms with Crippen molar-refractivity contribution in [2.75, 3.05) is 0 Å². The van der Waals surface area contributed by atoms with Gasteiger partial charge in [-0.25, -0.2) is 0 Å². The monoisotopic (exact) mass is 404 g/mol. The Morgan fingerprint density at radius 2 is 1.13 bits per heavy atom. The summed E-state index contributed by atoms with van der Waals surface area (Å²) < 4.78 is 0. The smallest absolute Gasteiger partial charge is 0.0146 e. The van der Waals surface area contributed by atoms with Crippen molar-refractivity contribution in [2.24, 2.45) is 11.3 Å². The van der Waals surface area contributed by atoms with Crippen LogP contribution in [0.25, 0.3) is 43.1 Å². The minimum Gasteiger partial charge on any atom is -0.0625 e. The predicted octanol–water partition coefficient (Wildman–Crippen LogP) is 9.30. The molecule has 0 amide bonds. The van der Waals surface area contributed by atoms with E-state index in [1.807, 2.05) is 0 Å². The highest BCUT2D eigenvalue weighted by Gasteiger charge is 2.15. The molecule has 0 heterocycles. The van der Waals surface area contributed by atoms with Gasteiger partial charge in [0.1, 0.15) is 0 Å². The van der Waals surface area contributed by atoms with E-state index in [0.717, 1.165) is 12.3 Å². The van der Waals surface area contributed by atoms with E-state index in [-0.39, 0.29) is 0 Å². The molecule has 0 heteroatoms. The van der Waals surface area contributed by atoms with Gasteiger partial charge >= 0.3 is 0 Å². The zero-order valence-electron chi connectivity index (χ0n) is 19.2. The first-order valence-corrected chi connectivity index (χ1v) is 11.6. The molecule has 0 aliphatic heterocycles. The molecule has 5 aromatic rings. The van der Waals surface area contributed by atoms with Crippen LogP contribution in [0.4, 0.5) is 0 Å². The molecule has 0 aliphatic rings. The molecule has 1 unspecified atom stereocenters. The van der Waals surface area contributed by atoms with Gasteiger partial charge in [-0.1, -0.05) is 70.2 Å².